The van der Waals surface area contributed by atoms with Crippen molar-refractivity contribution in [3.8, 4) is 5.75 Å². The Labute approximate surface area is 251 Å². The summed E-state index contributed by atoms with van der Waals surface area (Å²) in [6, 6.07) is 20.9. The predicted molar refractivity (Wildman–Crippen MR) is 163 cm³/mol. The van der Waals surface area contributed by atoms with Gasteiger partial charge in [-0.3, -0.25) is 6.08 Å². The molecule has 1 nitrogen and oxygen atoms in total. The molecule has 0 fully saturated rings. The first-order valence-corrected chi connectivity index (χ1v) is 13.2. The van der Waals surface area contributed by atoms with E-state index in [1.165, 1.54) is 37.2 Å². The van der Waals surface area contributed by atoms with Crippen molar-refractivity contribution < 1.29 is 25.1 Å². The molecule has 0 bridgehead atoms. The van der Waals surface area contributed by atoms with Crippen molar-refractivity contribution in [2.45, 2.75) is 55.4 Å². The summed E-state index contributed by atoms with van der Waals surface area (Å²) in [6.45, 7) is 16.6. The van der Waals surface area contributed by atoms with Crippen molar-refractivity contribution in [1.82, 2.24) is 0 Å². The van der Waals surface area contributed by atoms with Crippen LogP contribution in [-0.2, 0) is 20.0 Å². The van der Waals surface area contributed by atoms with E-state index in [2.05, 4.69) is 119 Å². The number of hydrogen-bond donors (Lipinski definition) is 1. The summed E-state index contributed by atoms with van der Waals surface area (Å²) in [7, 11) is 3.51. The molecule has 0 spiro atoms. The summed E-state index contributed by atoms with van der Waals surface area (Å²) in [5.74, 6) is 0.966. The van der Waals surface area contributed by atoms with E-state index < -0.39 is 0 Å². The summed E-state index contributed by atoms with van der Waals surface area (Å²) in [6.07, 6.45) is 3.36. The fourth-order valence-electron chi connectivity index (χ4n) is 3.87. The molecule has 1 atom stereocenters. The fraction of sp³-hybridized carbons (Fsp3) is 0.281. The Morgan fingerprint density at radius 1 is 0.730 bits per heavy atom. The number of phenols is 1. The zero-order valence-electron chi connectivity index (χ0n) is 23.1. The second-order valence-electron chi connectivity index (χ2n) is 9.13. The van der Waals surface area contributed by atoms with Gasteiger partial charge in [-0.25, -0.2) is 5.57 Å². The molecule has 0 aromatic heterocycles. The Bertz CT molecular complexity index is 1100. The van der Waals surface area contributed by atoms with Gasteiger partial charge in [0.25, 0.3) is 0 Å². The van der Waals surface area contributed by atoms with Gasteiger partial charge in [0.15, 0.2) is 0 Å². The van der Waals surface area contributed by atoms with Gasteiger partial charge < -0.3 is 5.11 Å². The Morgan fingerprint density at radius 2 is 1.16 bits per heavy atom. The van der Waals surface area contributed by atoms with Crippen LogP contribution in [0.25, 0.3) is 0 Å². The van der Waals surface area contributed by atoms with Crippen molar-refractivity contribution >= 4 is 44.1 Å². The van der Waals surface area contributed by atoms with E-state index in [-0.39, 0.29) is 24.8 Å². The molecule has 5 heteroatoms. The van der Waals surface area contributed by atoms with Crippen LogP contribution in [0.4, 0.5) is 0 Å². The third-order valence-corrected chi connectivity index (χ3v) is 8.60. The van der Waals surface area contributed by atoms with Crippen molar-refractivity contribution in [1.29, 1.82) is 0 Å². The predicted octanol–water partition coefficient (Wildman–Crippen LogP) is 7.79. The quantitative estimate of drug-likeness (QED) is 0.241. The van der Waals surface area contributed by atoms with Crippen molar-refractivity contribution in [3.05, 3.63) is 117 Å². The van der Waals surface area contributed by atoms with Gasteiger partial charge in [-0.05, 0) is 49.9 Å². The molecule has 0 aliphatic heterocycles. The number of hydrogen-bond acceptors (Lipinski definition) is 1. The van der Waals surface area contributed by atoms with E-state index in [0.29, 0.717) is 11.7 Å². The third-order valence-electron chi connectivity index (χ3n) is 6.95. The maximum absolute atomic E-state index is 9.66. The van der Waals surface area contributed by atoms with Gasteiger partial charge >= 0.3 is 95.6 Å². The van der Waals surface area contributed by atoms with Crippen LogP contribution in [0.3, 0.4) is 0 Å². The van der Waals surface area contributed by atoms with Gasteiger partial charge in [0, 0.05) is 0 Å². The number of rotatable bonds is 2. The van der Waals surface area contributed by atoms with Crippen molar-refractivity contribution in [2.75, 3.05) is 0 Å². The second-order valence-corrected chi connectivity index (χ2v) is 10.4. The molecule has 0 saturated carbocycles. The third kappa shape index (κ3) is 9.23. The molecule has 1 aliphatic rings. The molecular formula is C32H38Cl2OSiTi. The van der Waals surface area contributed by atoms with Gasteiger partial charge in [0.2, 0.25) is 0 Å². The van der Waals surface area contributed by atoms with E-state index >= 15 is 0 Å². The van der Waals surface area contributed by atoms with Crippen LogP contribution in [0.1, 0.15) is 61.1 Å². The van der Waals surface area contributed by atoms with Crippen LogP contribution in [0.15, 0.2) is 77.4 Å². The molecular weight excluding hydrogens is 547 g/mol. The number of phenolic OH excluding ortho intramolecular Hbond substituents is 1. The fourth-order valence-corrected chi connectivity index (χ4v) is 4.69. The number of benzene rings is 3. The van der Waals surface area contributed by atoms with Gasteiger partial charge in [-0.1, -0.05) is 31.9 Å². The van der Waals surface area contributed by atoms with Gasteiger partial charge in [0.1, 0.15) is 5.75 Å². The first-order valence-electron chi connectivity index (χ1n) is 11.9. The topological polar surface area (TPSA) is 20.2 Å². The molecule has 3 aromatic carbocycles. The Balaban J connectivity index is 0.000000523. The van der Waals surface area contributed by atoms with E-state index in [1.807, 2.05) is 32.9 Å². The molecule has 1 unspecified atom stereocenters. The van der Waals surface area contributed by atoms with Crippen LogP contribution in [0.2, 0.25) is 0 Å². The summed E-state index contributed by atoms with van der Waals surface area (Å²) in [5.41, 5.74) is 11.1. The van der Waals surface area contributed by atoms with Crippen LogP contribution in [0, 0.1) is 39.7 Å². The maximum atomic E-state index is 9.66. The number of allylic oxidation sites excluding steroid dienone is 4. The normalized spacial score (nSPS) is 13.7. The number of aromatic hydroxyl groups is 1. The SMILES string of the molecule is CC1=[C-]C(C)C(C)=C1C.Cc1c(C)c(O)c(C)c([Si])c1C.Cl.Cl.[Ti+]=[C](c1ccccc1)c1ccccc1. The minimum absolute atomic E-state index is 0. The Kier molecular flexibility index (Phi) is 15.6. The molecule has 3 aromatic rings. The summed E-state index contributed by atoms with van der Waals surface area (Å²) < 4.78 is 1.33. The van der Waals surface area contributed by atoms with Crippen LogP contribution >= 0.6 is 24.8 Å². The van der Waals surface area contributed by atoms with Crippen LogP contribution in [0.5, 0.6) is 5.75 Å². The summed E-state index contributed by atoms with van der Waals surface area (Å²) in [5, 5.41) is 10.7. The first kappa shape index (κ1) is 35.3. The van der Waals surface area contributed by atoms with Gasteiger partial charge in [-0.2, -0.15) is 11.1 Å². The molecule has 4 rings (SSSR count). The van der Waals surface area contributed by atoms with E-state index in [4.69, 9.17) is 0 Å². The van der Waals surface area contributed by atoms with Crippen molar-refractivity contribution in [3.63, 3.8) is 0 Å². The summed E-state index contributed by atoms with van der Waals surface area (Å²) in [4.78, 5) is 0. The monoisotopic (exact) mass is 584 g/mol. The van der Waals surface area contributed by atoms with E-state index in [1.54, 1.807) is 0 Å². The van der Waals surface area contributed by atoms with E-state index in [9.17, 15) is 5.11 Å². The minimum atomic E-state index is 0. The zero-order chi connectivity index (χ0) is 26.3. The van der Waals surface area contributed by atoms with Gasteiger partial charge in [-0.15, -0.1) is 31.7 Å². The van der Waals surface area contributed by atoms with Gasteiger partial charge in [0.05, 0.1) is 10.2 Å². The number of halogens is 2. The first-order chi connectivity index (χ1) is 16.5. The second kappa shape index (κ2) is 16.3. The average Bonchev–Trinajstić information content (AvgIpc) is 3.11. The van der Waals surface area contributed by atoms with Crippen molar-refractivity contribution in [2.24, 2.45) is 5.92 Å². The van der Waals surface area contributed by atoms with Crippen LogP contribution in [-0.4, -0.2) is 19.2 Å². The Hall–Kier alpha value is -1.68. The average molecular weight is 586 g/mol. The molecule has 37 heavy (non-hydrogen) atoms. The van der Waals surface area contributed by atoms with Crippen LogP contribution < -0.4 is 5.19 Å². The Morgan fingerprint density at radius 3 is 1.49 bits per heavy atom. The standard InChI is InChI=1S/C13H10.C10H13OSi.C9H13.2ClH.Ti/c1-3-7-12(8-4-1)11-13-9-5-2-6-10-13;1-5-6(2)9(11)8(4)10(12)7(5)3;1-6-5-7(2)9(4)8(6)3;;;/h1-10H;11H,1-4H3;6H,1-4H3;2*1H;/q;;-1;;;+1. The molecule has 0 heterocycles. The molecule has 0 amide bonds. The molecule has 0 saturated heterocycles. The molecule has 1 aliphatic carbocycles. The summed E-state index contributed by atoms with van der Waals surface area (Å²) >= 11 is 2.16. The molecule has 194 valence electrons. The zero-order valence-corrected chi connectivity index (χ0v) is 27.3. The molecule has 3 radical (unpaired) electrons. The van der Waals surface area contributed by atoms with E-state index in [0.717, 1.165) is 21.9 Å². The molecule has 1 N–H and O–H groups in total.